The maximum atomic E-state index is 13.7. The number of nitrogens with two attached hydrogens (primary N) is 1. The average Bonchev–Trinajstić information content (AvgIpc) is 2.78. The number of piperidine rings is 1. The smallest absolute Gasteiger partial charge is 0.264 e. The summed E-state index contributed by atoms with van der Waals surface area (Å²) in [5.74, 6) is 0.231. The minimum atomic E-state index is -4.09. The maximum Gasteiger partial charge on any atom is 0.264 e. The highest BCUT2D eigenvalue weighted by molar-refractivity contribution is 7.89. The molecule has 1 aromatic heterocycles. The number of fused-ring (bicyclic) bond motifs is 1. The summed E-state index contributed by atoms with van der Waals surface area (Å²) in [6, 6.07) is 5.08. The van der Waals surface area contributed by atoms with E-state index in [1.807, 2.05) is 0 Å². The largest absolute Gasteiger partial charge is 0.369 e. The molecule has 4 rings (SSSR count). The fourth-order valence-electron chi connectivity index (χ4n) is 4.03. The first-order valence-electron chi connectivity index (χ1n) is 10.5. The summed E-state index contributed by atoms with van der Waals surface area (Å²) >= 11 is 0. The standard InChI is InChI=1S/C20H24F2N6O5S2/c1-34(30,31)27-7-5-13(6-8-27)25-20-24-11-12-9-16(17(21)22)19(29)28(18(12)26-20)14-3-2-4-15(10-14)35(23,32)33/h2-4,9-11,13,17,19,29H,5-8H2,1H3,(H2,23,32,33)(H,24,25,26). The number of aromatic nitrogens is 2. The molecule has 2 aliphatic rings. The van der Waals surface area contributed by atoms with Gasteiger partial charge in [-0.2, -0.15) is 4.98 Å². The maximum absolute atomic E-state index is 13.7. The molecule has 2 aromatic rings. The predicted molar refractivity (Wildman–Crippen MR) is 125 cm³/mol. The zero-order valence-corrected chi connectivity index (χ0v) is 20.2. The van der Waals surface area contributed by atoms with E-state index in [1.54, 1.807) is 0 Å². The first-order chi connectivity index (χ1) is 16.3. The van der Waals surface area contributed by atoms with Crippen molar-refractivity contribution in [3.05, 3.63) is 41.6 Å². The van der Waals surface area contributed by atoms with E-state index in [9.17, 15) is 30.7 Å². The van der Waals surface area contributed by atoms with Gasteiger partial charge in [-0.1, -0.05) is 6.07 Å². The third-order valence-electron chi connectivity index (χ3n) is 5.82. The first kappa shape index (κ1) is 25.4. The van der Waals surface area contributed by atoms with Crippen molar-refractivity contribution < 1.29 is 30.7 Å². The van der Waals surface area contributed by atoms with Gasteiger partial charge in [0.25, 0.3) is 6.43 Å². The number of alkyl halides is 2. The highest BCUT2D eigenvalue weighted by Crippen LogP contribution is 2.39. The number of aliphatic hydroxyl groups is 1. The van der Waals surface area contributed by atoms with Crippen molar-refractivity contribution >= 4 is 43.6 Å². The van der Waals surface area contributed by atoms with Crippen LogP contribution in [0.1, 0.15) is 18.4 Å². The van der Waals surface area contributed by atoms with E-state index in [0.29, 0.717) is 25.9 Å². The molecule has 11 nitrogen and oxygen atoms in total. The van der Waals surface area contributed by atoms with Crippen molar-refractivity contribution in [2.24, 2.45) is 5.14 Å². The topological polar surface area (TPSA) is 159 Å². The number of benzene rings is 1. The Morgan fingerprint density at radius 2 is 1.89 bits per heavy atom. The first-order valence-corrected chi connectivity index (χ1v) is 13.9. The Balaban J connectivity index is 1.68. The molecule has 15 heteroatoms. The molecule has 1 aromatic carbocycles. The molecule has 190 valence electrons. The zero-order chi connectivity index (χ0) is 25.5. The fourth-order valence-corrected chi connectivity index (χ4v) is 5.46. The van der Waals surface area contributed by atoms with Crippen molar-refractivity contribution in [3.63, 3.8) is 0 Å². The summed E-state index contributed by atoms with van der Waals surface area (Å²) in [7, 11) is -7.38. The van der Waals surface area contributed by atoms with Crippen LogP contribution in [0, 0.1) is 0 Å². The summed E-state index contributed by atoms with van der Waals surface area (Å²) < 4.78 is 75.8. The highest BCUT2D eigenvalue weighted by atomic mass is 32.2. The number of aliphatic hydroxyl groups excluding tert-OH is 1. The van der Waals surface area contributed by atoms with E-state index in [4.69, 9.17) is 5.14 Å². The molecule has 0 amide bonds. The molecular formula is C20H24F2N6O5S2. The number of anilines is 3. The summed E-state index contributed by atoms with van der Waals surface area (Å²) in [6.07, 6.45) is -0.226. The van der Waals surface area contributed by atoms with Gasteiger partial charge in [0, 0.05) is 42.2 Å². The Morgan fingerprint density at radius 3 is 2.49 bits per heavy atom. The molecule has 4 N–H and O–H groups in total. The molecule has 3 heterocycles. The predicted octanol–water partition coefficient (Wildman–Crippen LogP) is 1.08. The number of sulfonamides is 2. The van der Waals surface area contributed by atoms with Gasteiger partial charge in [0.15, 0.2) is 6.23 Å². The second kappa shape index (κ2) is 9.39. The van der Waals surface area contributed by atoms with Gasteiger partial charge in [0.05, 0.1) is 11.2 Å². The van der Waals surface area contributed by atoms with E-state index >= 15 is 0 Å². The van der Waals surface area contributed by atoms with E-state index in [1.165, 1.54) is 28.7 Å². The highest BCUT2D eigenvalue weighted by Gasteiger charge is 2.35. The van der Waals surface area contributed by atoms with Crippen LogP contribution in [0.4, 0.5) is 26.2 Å². The van der Waals surface area contributed by atoms with Crippen LogP contribution < -0.4 is 15.4 Å². The lowest BCUT2D eigenvalue weighted by atomic mass is 10.0. The van der Waals surface area contributed by atoms with Gasteiger partial charge in [0.2, 0.25) is 26.0 Å². The zero-order valence-electron chi connectivity index (χ0n) is 18.5. The molecule has 1 fully saturated rings. The van der Waals surface area contributed by atoms with Gasteiger partial charge >= 0.3 is 0 Å². The molecule has 2 aliphatic heterocycles. The second-order valence-electron chi connectivity index (χ2n) is 8.28. The van der Waals surface area contributed by atoms with Crippen molar-refractivity contribution in [3.8, 4) is 0 Å². The molecule has 35 heavy (non-hydrogen) atoms. The molecule has 1 saturated heterocycles. The fraction of sp³-hybridized carbons (Fsp3) is 0.400. The van der Waals surface area contributed by atoms with Gasteiger partial charge in [-0.3, -0.25) is 4.90 Å². The quantitative estimate of drug-likeness (QED) is 0.497. The molecule has 0 saturated carbocycles. The van der Waals surface area contributed by atoms with Gasteiger partial charge in [-0.15, -0.1) is 0 Å². The Morgan fingerprint density at radius 1 is 1.20 bits per heavy atom. The van der Waals surface area contributed by atoms with Crippen molar-refractivity contribution in [2.75, 3.05) is 29.6 Å². The summed E-state index contributed by atoms with van der Waals surface area (Å²) in [5, 5.41) is 19.1. The SMILES string of the molecule is CS(=O)(=O)N1CCC(Nc2ncc3c(n2)N(c2cccc(S(N)(=O)=O)c2)C(O)C(C(F)F)=C3)CC1. The molecule has 0 aliphatic carbocycles. The van der Waals surface area contributed by atoms with Crippen LogP contribution in [0.3, 0.4) is 0 Å². The number of rotatable bonds is 6. The van der Waals surface area contributed by atoms with Crippen LogP contribution in [0.25, 0.3) is 6.08 Å². The monoisotopic (exact) mass is 530 g/mol. The van der Waals surface area contributed by atoms with Crippen LogP contribution in [-0.4, -0.2) is 74.3 Å². The van der Waals surface area contributed by atoms with Gasteiger partial charge < -0.3 is 10.4 Å². The Kier molecular flexibility index (Phi) is 6.80. The van der Waals surface area contributed by atoms with Gasteiger partial charge in [-0.05, 0) is 37.1 Å². The Bertz CT molecular complexity index is 1360. The molecule has 1 atom stereocenters. The molecule has 0 bridgehead atoms. The average molecular weight is 531 g/mol. The number of nitrogens with zero attached hydrogens (tertiary/aromatic N) is 4. The summed E-state index contributed by atoms with van der Waals surface area (Å²) in [6.45, 7) is 0.653. The number of nitrogens with one attached hydrogen (secondary N) is 1. The van der Waals surface area contributed by atoms with E-state index in [-0.39, 0.29) is 34.0 Å². The summed E-state index contributed by atoms with van der Waals surface area (Å²) in [4.78, 5) is 9.43. The number of halogens is 2. The normalized spacial score (nSPS) is 20.0. The molecular weight excluding hydrogens is 506 g/mol. The van der Waals surface area contributed by atoms with Gasteiger partial charge in [-0.25, -0.2) is 40.0 Å². The Labute approximate surface area is 201 Å². The third kappa shape index (κ3) is 5.43. The van der Waals surface area contributed by atoms with Gasteiger partial charge in [0.1, 0.15) is 5.82 Å². The molecule has 0 spiro atoms. The van der Waals surface area contributed by atoms with Crippen LogP contribution in [0.2, 0.25) is 0 Å². The number of hydrogen-bond donors (Lipinski definition) is 3. The van der Waals surface area contributed by atoms with Crippen LogP contribution in [0.5, 0.6) is 0 Å². The van der Waals surface area contributed by atoms with E-state index < -0.39 is 38.3 Å². The lowest BCUT2D eigenvalue weighted by Gasteiger charge is -2.35. The van der Waals surface area contributed by atoms with E-state index in [0.717, 1.165) is 23.3 Å². The second-order valence-corrected chi connectivity index (χ2v) is 11.8. The minimum Gasteiger partial charge on any atom is -0.369 e. The van der Waals surface area contributed by atoms with Crippen molar-refractivity contribution in [2.45, 2.75) is 36.4 Å². The molecule has 0 radical (unpaired) electrons. The van der Waals surface area contributed by atoms with Crippen LogP contribution in [0.15, 0.2) is 40.9 Å². The van der Waals surface area contributed by atoms with Crippen LogP contribution in [-0.2, 0) is 20.0 Å². The van der Waals surface area contributed by atoms with Crippen LogP contribution >= 0.6 is 0 Å². The Hall–Kier alpha value is -2.72. The summed E-state index contributed by atoms with van der Waals surface area (Å²) in [5.41, 5.74) is -0.317. The number of primary sulfonamides is 1. The lowest BCUT2D eigenvalue weighted by molar-refractivity contribution is 0.130. The minimum absolute atomic E-state index is 0.0829. The third-order valence-corrected chi connectivity index (χ3v) is 8.04. The lowest BCUT2D eigenvalue weighted by Crippen LogP contribution is -2.42. The van der Waals surface area contributed by atoms with E-state index in [2.05, 4.69) is 15.3 Å². The molecule has 1 unspecified atom stereocenters. The van der Waals surface area contributed by atoms with Crippen molar-refractivity contribution in [1.82, 2.24) is 14.3 Å². The van der Waals surface area contributed by atoms with Crippen molar-refractivity contribution in [1.29, 1.82) is 0 Å². The number of hydrogen-bond acceptors (Lipinski definition) is 9.